The van der Waals surface area contributed by atoms with Gasteiger partial charge >= 0.3 is 0 Å². The molecule has 0 radical (unpaired) electrons. The van der Waals surface area contributed by atoms with Crippen LogP contribution in [-0.2, 0) is 10.8 Å². The lowest BCUT2D eigenvalue weighted by Gasteiger charge is -2.30. The van der Waals surface area contributed by atoms with Gasteiger partial charge in [0.15, 0.2) is 0 Å². The number of nitrogens with zero attached hydrogens (tertiary/aromatic N) is 1. The first-order valence-electron chi connectivity index (χ1n) is 17.2. The van der Waals surface area contributed by atoms with Crippen molar-refractivity contribution in [2.45, 2.75) is 38.5 Å². The van der Waals surface area contributed by atoms with Gasteiger partial charge in [-0.1, -0.05) is 130 Å². The summed E-state index contributed by atoms with van der Waals surface area (Å²) >= 11 is 0. The fourth-order valence-electron chi connectivity index (χ4n) is 8.28. The first kappa shape index (κ1) is 29.3. The van der Waals surface area contributed by atoms with Gasteiger partial charge in [-0.05, 0) is 127 Å². The normalized spacial score (nSPS) is 15.3. The summed E-state index contributed by atoms with van der Waals surface area (Å²) in [6.07, 6.45) is 6.07. The zero-order valence-electron chi connectivity index (χ0n) is 28.4. The maximum Gasteiger partial charge on any atom is 0.0465 e. The number of fused-ring (bicyclic) bond motifs is 6. The van der Waals surface area contributed by atoms with Gasteiger partial charge in [-0.2, -0.15) is 0 Å². The van der Waals surface area contributed by atoms with Gasteiger partial charge in [-0.15, -0.1) is 0 Å². The first-order valence-corrected chi connectivity index (χ1v) is 17.2. The van der Waals surface area contributed by atoms with Crippen molar-refractivity contribution in [2.75, 3.05) is 4.90 Å². The first-order chi connectivity index (χ1) is 23.8. The number of allylic oxidation sites excluding steroid dienone is 4. The van der Waals surface area contributed by atoms with Crippen molar-refractivity contribution < 1.29 is 0 Å². The van der Waals surface area contributed by atoms with E-state index in [1.165, 1.54) is 72.5 Å². The van der Waals surface area contributed by atoms with Crippen molar-refractivity contribution in [3.05, 3.63) is 191 Å². The van der Waals surface area contributed by atoms with Gasteiger partial charge in [-0.25, -0.2) is 0 Å². The summed E-state index contributed by atoms with van der Waals surface area (Å²) in [6, 6.07) is 49.6. The monoisotopic (exact) mass is 627 g/mol. The molecule has 9 rings (SSSR count). The van der Waals surface area contributed by atoms with E-state index in [1.807, 2.05) is 12.2 Å². The lowest BCUT2D eigenvalue weighted by Crippen LogP contribution is -2.18. The van der Waals surface area contributed by atoms with Crippen LogP contribution in [0.15, 0.2) is 163 Å². The van der Waals surface area contributed by atoms with Gasteiger partial charge in [0.05, 0.1) is 0 Å². The molecule has 3 aliphatic carbocycles. The third-order valence-electron chi connectivity index (χ3n) is 11.0. The molecule has 0 amide bonds. The van der Waals surface area contributed by atoms with E-state index in [9.17, 15) is 0 Å². The summed E-state index contributed by atoms with van der Waals surface area (Å²) in [5.74, 6) is 0. The smallest absolute Gasteiger partial charge is 0.0465 e. The predicted octanol–water partition coefficient (Wildman–Crippen LogP) is 12.7. The van der Waals surface area contributed by atoms with Crippen LogP contribution in [0, 0.1) is 0 Å². The Morgan fingerprint density at radius 2 is 0.939 bits per heavy atom. The molecule has 0 spiro atoms. The van der Waals surface area contributed by atoms with E-state index in [0.29, 0.717) is 0 Å². The van der Waals surface area contributed by atoms with Gasteiger partial charge < -0.3 is 4.90 Å². The number of rotatable bonds is 5. The molecule has 0 saturated heterocycles. The highest BCUT2D eigenvalue weighted by molar-refractivity contribution is 5.89. The van der Waals surface area contributed by atoms with E-state index in [2.05, 4.69) is 184 Å². The van der Waals surface area contributed by atoms with Crippen LogP contribution in [0.1, 0.15) is 55.5 Å². The molecule has 0 aromatic heterocycles. The van der Waals surface area contributed by atoms with Gasteiger partial charge in [0.2, 0.25) is 0 Å². The molecule has 1 nitrogen and oxygen atoms in total. The minimum Gasteiger partial charge on any atom is -0.310 e. The second-order valence-electron chi connectivity index (χ2n) is 14.5. The Morgan fingerprint density at radius 1 is 0.429 bits per heavy atom. The molecule has 6 aromatic rings. The molecule has 0 heterocycles. The molecule has 6 aromatic carbocycles. The Balaban J connectivity index is 1.18. The Hall–Kier alpha value is -5.84. The molecule has 234 valence electrons. The fourth-order valence-corrected chi connectivity index (χ4v) is 8.28. The molecule has 1 heteroatoms. The molecule has 3 aliphatic rings. The van der Waals surface area contributed by atoms with E-state index < -0.39 is 0 Å². The number of anilines is 3. The van der Waals surface area contributed by atoms with Crippen LogP contribution in [0.2, 0.25) is 0 Å². The molecular weight excluding hydrogens is 591 g/mol. The minimum absolute atomic E-state index is 0.0847. The molecule has 0 aliphatic heterocycles. The average molecular weight is 628 g/mol. The van der Waals surface area contributed by atoms with Gasteiger partial charge in [0.1, 0.15) is 0 Å². The Morgan fingerprint density at radius 3 is 1.59 bits per heavy atom. The van der Waals surface area contributed by atoms with Crippen LogP contribution in [0.25, 0.3) is 39.0 Å². The van der Waals surface area contributed by atoms with Gasteiger partial charge in [0.25, 0.3) is 0 Å². The SMILES string of the molecule is CC1(C)c2ccccc2-c2ccc(N(c3ccc(-c4ccccc4)cc3)c3ccc4c(c3)C(C)(C)c3cc(C5=CC=C=C=C5)ccc3-4)cc21. The molecule has 0 atom stereocenters. The van der Waals surface area contributed by atoms with Crippen molar-refractivity contribution in [1.29, 1.82) is 0 Å². The standard InChI is InChI=1S/C48H37N/c1-47(2)43-18-12-11-17-39(43)41-27-24-37(30-45(41)47)49(36-22-19-34(20-23-36)32-13-7-5-8-14-32)38-25-28-42-40-26-21-35(33-15-9-6-10-16-33)29-44(40)48(3,4)46(42)31-38/h5,7-9,11-31H,1-4H3. The molecule has 0 fully saturated rings. The quantitative estimate of drug-likeness (QED) is 0.172. The Bertz CT molecular complexity index is 2440. The van der Waals surface area contributed by atoms with E-state index >= 15 is 0 Å². The van der Waals surface area contributed by atoms with Crippen molar-refractivity contribution in [3.63, 3.8) is 0 Å². The molecule has 0 unspecified atom stereocenters. The molecule has 0 bridgehead atoms. The summed E-state index contributed by atoms with van der Waals surface area (Å²) in [4.78, 5) is 2.44. The number of benzene rings is 6. The zero-order chi connectivity index (χ0) is 33.3. The van der Waals surface area contributed by atoms with Crippen LogP contribution in [0.4, 0.5) is 17.1 Å². The Labute approximate surface area is 289 Å². The minimum atomic E-state index is -0.161. The van der Waals surface area contributed by atoms with E-state index in [-0.39, 0.29) is 10.8 Å². The summed E-state index contributed by atoms with van der Waals surface area (Å²) in [7, 11) is 0. The Kier molecular flexibility index (Phi) is 6.49. The highest BCUT2D eigenvalue weighted by Gasteiger charge is 2.38. The second kappa shape index (κ2) is 10.8. The molecule has 0 saturated carbocycles. The highest BCUT2D eigenvalue weighted by atomic mass is 15.1. The summed E-state index contributed by atoms with van der Waals surface area (Å²) < 4.78 is 0. The molecular formula is C48H37N. The summed E-state index contributed by atoms with van der Waals surface area (Å²) in [5.41, 5.74) is 25.0. The van der Waals surface area contributed by atoms with Crippen LogP contribution < -0.4 is 4.90 Å². The maximum atomic E-state index is 3.12. The lowest BCUT2D eigenvalue weighted by molar-refractivity contribution is 0.660. The van der Waals surface area contributed by atoms with E-state index in [0.717, 1.165) is 11.4 Å². The summed E-state index contributed by atoms with van der Waals surface area (Å²) in [5, 5.41) is 0. The predicted molar refractivity (Wildman–Crippen MR) is 206 cm³/mol. The molecule has 49 heavy (non-hydrogen) atoms. The van der Waals surface area contributed by atoms with Crippen molar-refractivity contribution in [1.82, 2.24) is 0 Å². The van der Waals surface area contributed by atoms with E-state index in [1.54, 1.807) is 0 Å². The fraction of sp³-hybridized carbons (Fsp3) is 0.125. The van der Waals surface area contributed by atoms with Crippen LogP contribution in [0.3, 0.4) is 0 Å². The second-order valence-corrected chi connectivity index (χ2v) is 14.5. The van der Waals surface area contributed by atoms with Gasteiger partial charge in [0, 0.05) is 27.9 Å². The van der Waals surface area contributed by atoms with Gasteiger partial charge in [-0.3, -0.25) is 0 Å². The van der Waals surface area contributed by atoms with Crippen molar-refractivity contribution >= 4 is 22.6 Å². The third-order valence-corrected chi connectivity index (χ3v) is 11.0. The largest absolute Gasteiger partial charge is 0.310 e. The third kappa shape index (κ3) is 4.56. The summed E-state index contributed by atoms with van der Waals surface area (Å²) in [6.45, 7) is 9.44. The lowest BCUT2D eigenvalue weighted by atomic mass is 9.81. The average Bonchev–Trinajstić information content (AvgIpc) is 3.51. The maximum absolute atomic E-state index is 3.12. The topological polar surface area (TPSA) is 3.24 Å². The van der Waals surface area contributed by atoms with E-state index in [4.69, 9.17) is 0 Å². The molecule has 0 N–H and O–H groups in total. The highest BCUT2D eigenvalue weighted by Crippen LogP contribution is 2.53. The van der Waals surface area contributed by atoms with Crippen LogP contribution >= 0.6 is 0 Å². The van der Waals surface area contributed by atoms with Crippen LogP contribution in [0.5, 0.6) is 0 Å². The van der Waals surface area contributed by atoms with Crippen molar-refractivity contribution in [3.8, 4) is 33.4 Å². The number of hydrogen-bond acceptors (Lipinski definition) is 1. The van der Waals surface area contributed by atoms with Crippen molar-refractivity contribution in [2.24, 2.45) is 0 Å². The number of hydrogen-bond donors (Lipinski definition) is 0. The van der Waals surface area contributed by atoms with Crippen LogP contribution in [-0.4, -0.2) is 0 Å². The zero-order valence-corrected chi connectivity index (χ0v) is 28.4.